The first-order valence-electron chi connectivity index (χ1n) is 10.7. The third-order valence-electron chi connectivity index (χ3n) is 5.53. The molecule has 0 saturated heterocycles. The van der Waals surface area contributed by atoms with Gasteiger partial charge in [-0.15, -0.1) is 10.2 Å². The van der Waals surface area contributed by atoms with Crippen molar-refractivity contribution in [3.63, 3.8) is 0 Å². The van der Waals surface area contributed by atoms with Gasteiger partial charge in [0.15, 0.2) is 5.69 Å². The molecular formula is C24H26N6O4. The maximum absolute atomic E-state index is 12.8. The molecule has 0 fully saturated rings. The van der Waals surface area contributed by atoms with E-state index in [2.05, 4.69) is 25.6 Å². The molecule has 0 radical (unpaired) electrons. The Morgan fingerprint density at radius 2 is 1.76 bits per heavy atom. The number of carbonyl (C=O) groups is 1. The molecule has 0 amide bonds. The number of nitrogens with zero attached hydrogens (tertiary/aromatic N) is 5. The summed E-state index contributed by atoms with van der Waals surface area (Å²) in [6.07, 6.45) is -0.446. The van der Waals surface area contributed by atoms with Gasteiger partial charge in [-0.2, -0.15) is 5.21 Å². The molecule has 10 heteroatoms. The second-order valence-electron chi connectivity index (χ2n) is 8.26. The summed E-state index contributed by atoms with van der Waals surface area (Å²) in [5, 5.41) is 25.0. The fourth-order valence-electron chi connectivity index (χ4n) is 3.78. The van der Waals surface area contributed by atoms with Crippen molar-refractivity contribution < 1.29 is 19.4 Å². The summed E-state index contributed by atoms with van der Waals surface area (Å²) in [6.45, 7) is 4.97. The Bertz CT molecular complexity index is 1290. The molecule has 0 spiro atoms. The van der Waals surface area contributed by atoms with E-state index >= 15 is 0 Å². The van der Waals surface area contributed by atoms with Gasteiger partial charge in [-0.1, -0.05) is 36.4 Å². The Morgan fingerprint density at radius 3 is 2.32 bits per heavy atom. The number of methoxy groups -OCH3 is 2. The second-order valence-corrected chi connectivity index (χ2v) is 8.26. The first kappa shape index (κ1) is 23.3. The predicted molar refractivity (Wildman–Crippen MR) is 124 cm³/mol. The number of ether oxygens (including phenoxy) is 2. The van der Waals surface area contributed by atoms with Crippen LogP contribution in [-0.2, 0) is 15.1 Å². The molecule has 2 aromatic heterocycles. The van der Waals surface area contributed by atoms with E-state index in [1.165, 1.54) is 7.11 Å². The zero-order chi connectivity index (χ0) is 24.5. The number of aromatic amines is 1. The van der Waals surface area contributed by atoms with Gasteiger partial charge in [0, 0.05) is 18.4 Å². The predicted octanol–water partition coefficient (Wildman–Crippen LogP) is 3.44. The standard InChI is InChI=1S/C24H26N6O4/c1-14(33-4)22-25-20(24(2,3)32)19(23(31)34-5)30(22)16-12-10-15(11-13-16)17-8-6-7-9-18(17)21-26-28-29-27-21/h6-14,32H,1-5H3,(H,26,27,28,29). The van der Waals surface area contributed by atoms with Crippen molar-refractivity contribution in [1.82, 2.24) is 30.2 Å². The van der Waals surface area contributed by atoms with Crippen molar-refractivity contribution in [2.24, 2.45) is 0 Å². The number of nitrogens with one attached hydrogen (secondary N) is 1. The highest BCUT2D eigenvalue weighted by Crippen LogP contribution is 2.33. The van der Waals surface area contributed by atoms with Crippen LogP contribution in [0.4, 0.5) is 0 Å². The summed E-state index contributed by atoms with van der Waals surface area (Å²) >= 11 is 0. The van der Waals surface area contributed by atoms with Crippen LogP contribution in [0.5, 0.6) is 0 Å². The minimum atomic E-state index is -1.37. The third kappa shape index (κ3) is 4.20. The van der Waals surface area contributed by atoms with E-state index in [-0.39, 0.29) is 11.4 Å². The van der Waals surface area contributed by atoms with Gasteiger partial charge in [0.25, 0.3) is 0 Å². The number of H-pyrrole nitrogens is 1. The number of carbonyl (C=O) groups excluding carboxylic acids is 1. The number of esters is 1. The quantitative estimate of drug-likeness (QED) is 0.400. The van der Waals surface area contributed by atoms with Gasteiger partial charge in [-0.3, -0.25) is 4.57 Å². The average molecular weight is 463 g/mol. The SMILES string of the molecule is COC(=O)c1c(C(C)(C)O)nc(C(C)OC)n1-c1ccc(-c2ccccc2-c2nn[nH]n2)cc1. The maximum Gasteiger partial charge on any atom is 0.357 e. The molecule has 2 N–H and O–H groups in total. The van der Waals surface area contributed by atoms with Crippen molar-refractivity contribution in [3.05, 3.63) is 65.7 Å². The molecule has 0 bridgehead atoms. The lowest BCUT2D eigenvalue weighted by molar-refractivity contribution is 0.0535. The van der Waals surface area contributed by atoms with E-state index in [1.807, 2.05) is 55.5 Å². The molecule has 4 rings (SSSR count). The van der Waals surface area contributed by atoms with Crippen molar-refractivity contribution in [1.29, 1.82) is 0 Å². The molecule has 10 nitrogen and oxygen atoms in total. The number of aromatic nitrogens is 6. The van der Waals surface area contributed by atoms with Gasteiger partial charge < -0.3 is 14.6 Å². The fraction of sp³-hybridized carbons (Fsp3) is 0.292. The van der Waals surface area contributed by atoms with Crippen LogP contribution in [0, 0.1) is 0 Å². The van der Waals surface area contributed by atoms with E-state index in [9.17, 15) is 9.90 Å². The first-order chi connectivity index (χ1) is 16.3. The Balaban J connectivity index is 1.87. The molecule has 2 heterocycles. The normalized spacial score (nSPS) is 12.5. The van der Waals surface area contributed by atoms with Crippen LogP contribution < -0.4 is 0 Å². The molecule has 176 valence electrons. The number of tetrazole rings is 1. The molecular weight excluding hydrogens is 436 g/mol. The summed E-state index contributed by atoms with van der Waals surface area (Å²) in [5.74, 6) is 0.360. The number of imidazole rings is 1. The van der Waals surface area contributed by atoms with E-state index < -0.39 is 17.7 Å². The Morgan fingerprint density at radius 1 is 1.09 bits per heavy atom. The molecule has 4 aromatic rings. The Kier molecular flexibility index (Phi) is 6.27. The van der Waals surface area contributed by atoms with E-state index in [1.54, 1.807) is 25.5 Å². The van der Waals surface area contributed by atoms with Gasteiger partial charge in [0.2, 0.25) is 5.82 Å². The number of hydrogen-bond acceptors (Lipinski definition) is 8. The summed E-state index contributed by atoms with van der Waals surface area (Å²) in [4.78, 5) is 17.4. The lowest BCUT2D eigenvalue weighted by atomic mass is 9.99. The van der Waals surface area contributed by atoms with Gasteiger partial charge in [0.05, 0.1) is 7.11 Å². The Labute approximate surface area is 196 Å². The lowest BCUT2D eigenvalue weighted by Crippen LogP contribution is -2.22. The summed E-state index contributed by atoms with van der Waals surface area (Å²) < 4.78 is 12.2. The van der Waals surface area contributed by atoms with Gasteiger partial charge >= 0.3 is 5.97 Å². The van der Waals surface area contributed by atoms with Gasteiger partial charge in [-0.05, 0) is 49.2 Å². The minimum absolute atomic E-state index is 0.147. The first-order valence-corrected chi connectivity index (χ1v) is 10.7. The van der Waals surface area contributed by atoms with Crippen LogP contribution in [-0.4, -0.2) is 55.5 Å². The molecule has 0 aliphatic rings. The molecule has 0 aliphatic carbocycles. The lowest BCUT2D eigenvalue weighted by Gasteiger charge is -2.17. The number of rotatable bonds is 7. The van der Waals surface area contributed by atoms with Crippen LogP contribution in [0.2, 0.25) is 0 Å². The van der Waals surface area contributed by atoms with E-state index in [0.717, 1.165) is 16.7 Å². The zero-order valence-electron chi connectivity index (χ0n) is 19.6. The van der Waals surface area contributed by atoms with Crippen molar-refractivity contribution in [2.75, 3.05) is 14.2 Å². The molecule has 1 unspecified atom stereocenters. The summed E-state index contributed by atoms with van der Waals surface area (Å²) in [6, 6.07) is 15.4. The van der Waals surface area contributed by atoms with Crippen LogP contribution >= 0.6 is 0 Å². The second kappa shape index (κ2) is 9.16. The topological polar surface area (TPSA) is 128 Å². The molecule has 34 heavy (non-hydrogen) atoms. The fourth-order valence-corrected chi connectivity index (χ4v) is 3.78. The Hall–Kier alpha value is -3.89. The highest BCUT2D eigenvalue weighted by molar-refractivity contribution is 5.90. The van der Waals surface area contributed by atoms with Crippen molar-refractivity contribution in [3.8, 4) is 28.2 Å². The maximum atomic E-state index is 12.8. The van der Waals surface area contributed by atoms with Crippen molar-refractivity contribution >= 4 is 5.97 Å². The molecule has 0 saturated carbocycles. The van der Waals surface area contributed by atoms with Gasteiger partial charge in [0.1, 0.15) is 23.2 Å². The molecule has 2 aromatic carbocycles. The number of hydrogen-bond donors (Lipinski definition) is 2. The van der Waals surface area contributed by atoms with Crippen LogP contribution in [0.15, 0.2) is 48.5 Å². The molecule has 0 aliphatic heterocycles. The molecule has 1 atom stereocenters. The monoisotopic (exact) mass is 462 g/mol. The average Bonchev–Trinajstić information content (AvgIpc) is 3.51. The van der Waals surface area contributed by atoms with E-state index in [4.69, 9.17) is 9.47 Å². The largest absolute Gasteiger partial charge is 0.464 e. The number of aliphatic hydroxyl groups is 1. The highest BCUT2D eigenvalue weighted by atomic mass is 16.5. The summed E-state index contributed by atoms with van der Waals surface area (Å²) in [7, 11) is 2.86. The highest BCUT2D eigenvalue weighted by Gasteiger charge is 2.34. The zero-order valence-corrected chi connectivity index (χ0v) is 19.6. The van der Waals surface area contributed by atoms with Crippen LogP contribution in [0.3, 0.4) is 0 Å². The smallest absolute Gasteiger partial charge is 0.357 e. The summed E-state index contributed by atoms with van der Waals surface area (Å²) in [5.41, 5.74) is 2.34. The third-order valence-corrected chi connectivity index (χ3v) is 5.53. The van der Waals surface area contributed by atoms with Gasteiger partial charge in [-0.25, -0.2) is 9.78 Å². The van der Waals surface area contributed by atoms with E-state index in [0.29, 0.717) is 17.3 Å². The van der Waals surface area contributed by atoms with Crippen LogP contribution in [0.1, 0.15) is 48.9 Å². The minimum Gasteiger partial charge on any atom is -0.464 e. The van der Waals surface area contributed by atoms with Crippen LogP contribution in [0.25, 0.3) is 28.2 Å². The number of benzene rings is 2. The van der Waals surface area contributed by atoms with Crippen molar-refractivity contribution in [2.45, 2.75) is 32.5 Å².